The molecule has 2 aromatic carbocycles. The number of fused-ring (bicyclic) bond motifs is 2. The zero-order valence-corrected chi connectivity index (χ0v) is 20.8. The summed E-state index contributed by atoms with van der Waals surface area (Å²) < 4.78 is 11.6. The molecule has 0 radical (unpaired) electrons. The number of amides is 1. The summed E-state index contributed by atoms with van der Waals surface area (Å²) in [6.07, 6.45) is 0. The molecule has 1 amide bonds. The number of aromatic nitrogens is 1. The van der Waals surface area contributed by atoms with Gasteiger partial charge in [-0.2, -0.15) is 0 Å². The Balaban J connectivity index is 1.85. The van der Waals surface area contributed by atoms with Gasteiger partial charge in [0.2, 0.25) is 5.76 Å². The molecular weight excluding hydrogens is 532 g/mol. The van der Waals surface area contributed by atoms with E-state index >= 15 is 0 Å². The number of thiazole rings is 1. The number of carbonyl (C=O) groups excluding carboxylic acids is 1. The van der Waals surface area contributed by atoms with E-state index in [0.29, 0.717) is 20.2 Å². The van der Waals surface area contributed by atoms with E-state index in [4.69, 9.17) is 20.8 Å². The van der Waals surface area contributed by atoms with Crippen LogP contribution in [0.25, 0.3) is 11.0 Å². The van der Waals surface area contributed by atoms with Gasteiger partial charge in [0, 0.05) is 9.90 Å². The highest BCUT2D eigenvalue weighted by atomic mass is 79.9. The minimum absolute atomic E-state index is 0.0477. The van der Waals surface area contributed by atoms with Crippen molar-refractivity contribution in [2.45, 2.75) is 19.9 Å². The van der Waals surface area contributed by atoms with Crippen LogP contribution in [0.1, 0.15) is 38.3 Å². The van der Waals surface area contributed by atoms with Gasteiger partial charge in [0.05, 0.1) is 34.3 Å². The van der Waals surface area contributed by atoms with Crippen molar-refractivity contribution < 1.29 is 19.1 Å². The molecule has 5 rings (SSSR count). The van der Waals surface area contributed by atoms with Gasteiger partial charge in [-0.05, 0) is 65.7 Å². The third-order valence-corrected chi connectivity index (χ3v) is 7.55. The number of anilines is 1. The number of methoxy groups -OCH3 is 1. The number of aryl methyl sites for hydroxylation is 2. The molecule has 3 heterocycles. The van der Waals surface area contributed by atoms with Crippen LogP contribution in [0.4, 0.5) is 5.13 Å². The van der Waals surface area contributed by atoms with E-state index in [-0.39, 0.29) is 39.2 Å². The van der Waals surface area contributed by atoms with Crippen LogP contribution in [0.3, 0.4) is 0 Å². The number of halogens is 2. The summed E-state index contributed by atoms with van der Waals surface area (Å²) in [5.41, 5.74) is 1.43. The second-order valence-corrected chi connectivity index (χ2v) is 10.1. The van der Waals surface area contributed by atoms with Crippen molar-refractivity contribution in [3.05, 3.63) is 77.5 Å². The molecule has 4 aromatic rings. The van der Waals surface area contributed by atoms with Crippen molar-refractivity contribution in [1.82, 2.24) is 4.98 Å². The number of phenolic OH excluding ortho intramolecular Hbond substituents is 1. The molecule has 7 nitrogen and oxygen atoms in total. The van der Waals surface area contributed by atoms with Crippen LogP contribution in [0.5, 0.6) is 11.5 Å². The number of carbonyl (C=O) groups is 1. The molecule has 1 unspecified atom stereocenters. The van der Waals surface area contributed by atoms with Crippen LogP contribution >= 0.6 is 38.9 Å². The molecule has 1 atom stereocenters. The van der Waals surface area contributed by atoms with Crippen molar-refractivity contribution in [3.8, 4) is 11.5 Å². The first-order chi connectivity index (χ1) is 15.7. The first-order valence-electron chi connectivity index (χ1n) is 9.81. The molecule has 0 saturated heterocycles. The van der Waals surface area contributed by atoms with E-state index < -0.39 is 11.9 Å². The van der Waals surface area contributed by atoms with Gasteiger partial charge in [-0.25, -0.2) is 4.98 Å². The Morgan fingerprint density at radius 2 is 2.00 bits per heavy atom. The van der Waals surface area contributed by atoms with Crippen LogP contribution in [-0.4, -0.2) is 23.1 Å². The van der Waals surface area contributed by atoms with Crippen LogP contribution in [0.15, 0.2) is 44.0 Å². The monoisotopic (exact) mass is 546 g/mol. The molecule has 1 aliphatic heterocycles. The SMILES string of the molecule is COc1cc(C2c3c(oc4ccc(Cl)cc4c3=O)C(=O)N2c2nc(C)c(C)s2)cc(Br)c1O. The number of hydrogen-bond donors (Lipinski definition) is 1. The number of hydrogen-bond acceptors (Lipinski definition) is 7. The molecule has 10 heteroatoms. The Morgan fingerprint density at radius 1 is 1.24 bits per heavy atom. The normalized spacial score (nSPS) is 15.4. The van der Waals surface area contributed by atoms with Gasteiger partial charge in [0.15, 0.2) is 22.1 Å². The second kappa shape index (κ2) is 7.86. The smallest absolute Gasteiger partial charge is 0.297 e. The number of aromatic hydroxyl groups is 1. The lowest BCUT2D eigenvalue weighted by Gasteiger charge is -2.23. The number of ether oxygens (including phenoxy) is 1. The van der Waals surface area contributed by atoms with Crippen LogP contribution in [0.2, 0.25) is 5.02 Å². The highest BCUT2D eigenvalue weighted by Crippen LogP contribution is 2.46. The van der Waals surface area contributed by atoms with Crippen molar-refractivity contribution in [2.75, 3.05) is 12.0 Å². The maximum absolute atomic E-state index is 13.7. The van der Waals surface area contributed by atoms with Crippen LogP contribution in [-0.2, 0) is 0 Å². The first-order valence-corrected chi connectivity index (χ1v) is 11.8. The maximum atomic E-state index is 13.7. The maximum Gasteiger partial charge on any atom is 0.297 e. The molecule has 0 fully saturated rings. The Morgan fingerprint density at radius 3 is 2.67 bits per heavy atom. The topological polar surface area (TPSA) is 92.9 Å². The number of rotatable bonds is 3. The highest BCUT2D eigenvalue weighted by molar-refractivity contribution is 9.10. The van der Waals surface area contributed by atoms with Gasteiger partial charge in [0.1, 0.15) is 5.58 Å². The van der Waals surface area contributed by atoms with Crippen molar-refractivity contribution >= 4 is 60.9 Å². The summed E-state index contributed by atoms with van der Waals surface area (Å²) in [7, 11) is 1.42. The fourth-order valence-corrected chi connectivity index (χ4v) is 5.49. The molecule has 0 saturated carbocycles. The quantitative estimate of drug-likeness (QED) is 0.351. The molecule has 0 bridgehead atoms. The standard InChI is InChI=1S/C23H16BrClN2O5S/c1-9-10(2)33-23(26-9)27-18(11-6-14(24)20(29)16(7-11)31-3)17-19(28)13-8-12(25)4-5-15(13)32-21(17)22(27)30/h4-8,18,29H,1-3H3. The third-order valence-electron chi connectivity index (χ3n) is 5.64. The van der Waals surface area contributed by atoms with Gasteiger partial charge in [-0.15, -0.1) is 11.3 Å². The summed E-state index contributed by atoms with van der Waals surface area (Å²) >= 11 is 10.8. The minimum atomic E-state index is -0.845. The fraction of sp³-hybridized carbons (Fsp3) is 0.174. The van der Waals surface area contributed by atoms with E-state index in [0.717, 1.165) is 10.6 Å². The van der Waals surface area contributed by atoms with Gasteiger partial charge in [-0.3, -0.25) is 14.5 Å². The van der Waals surface area contributed by atoms with E-state index in [2.05, 4.69) is 20.9 Å². The predicted molar refractivity (Wildman–Crippen MR) is 130 cm³/mol. The zero-order valence-electron chi connectivity index (χ0n) is 17.6. The van der Waals surface area contributed by atoms with Gasteiger partial charge >= 0.3 is 0 Å². The average Bonchev–Trinajstić information content (AvgIpc) is 3.26. The Hall–Kier alpha value is -2.88. The third kappa shape index (κ3) is 3.34. The van der Waals surface area contributed by atoms with Gasteiger partial charge < -0.3 is 14.3 Å². The molecule has 1 N–H and O–H groups in total. The zero-order chi connectivity index (χ0) is 23.6. The fourth-order valence-electron chi connectivity index (χ4n) is 3.92. The summed E-state index contributed by atoms with van der Waals surface area (Å²) in [6.45, 7) is 3.77. The second-order valence-electron chi connectivity index (χ2n) is 7.58. The number of phenols is 1. The van der Waals surface area contributed by atoms with Gasteiger partial charge in [-0.1, -0.05) is 11.6 Å². The lowest BCUT2D eigenvalue weighted by molar-refractivity contribution is 0.0971. The summed E-state index contributed by atoms with van der Waals surface area (Å²) in [5.74, 6) is -0.412. The Bertz CT molecular complexity index is 1510. The Labute approximate surface area is 205 Å². The molecular formula is C23H16BrClN2O5S. The largest absolute Gasteiger partial charge is 0.503 e. The van der Waals surface area contributed by atoms with E-state index in [1.54, 1.807) is 24.3 Å². The van der Waals surface area contributed by atoms with Crippen molar-refractivity contribution in [2.24, 2.45) is 0 Å². The van der Waals surface area contributed by atoms with E-state index in [9.17, 15) is 14.7 Å². The lowest BCUT2D eigenvalue weighted by atomic mass is 9.98. The van der Waals surface area contributed by atoms with Crippen molar-refractivity contribution in [1.29, 1.82) is 0 Å². The summed E-state index contributed by atoms with van der Waals surface area (Å²) in [5, 5.41) is 11.4. The molecule has 33 heavy (non-hydrogen) atoms. The molecule has 1 aliphatic rings. The lowest BCUT2D eigenvalue weighted by Crippen LogP contribution is -2.29. The molecule has 0 aliphatic carbocycles. The number of benzene rings is 2. The Kier molecular flexibility index (Phi) is 5.23. The predicted octanol–water partition coefficient (Wildman–Crippen LogP) is 5.75. The van der Waals surface area contributed by atoms with Crippen LogP contribution < -0.4 is 15.1 Å². The first kappa shape index (κ1) is 21.9. The van der Waals surface area contributed by atoms with E-state index in [1.165, 1.54) is 29.4 Å². The molecule has 2 aromatic heterocycles. The van der Waals surface area contributed by atoms with Gasteiger partial charge in [0.25, 0.3) is 5.91 Å². The van der Waals surface area contributed by atoms with E-state index in [1.807, 2.05) is 13.8 Å². The summed E-state index contributed by atoms with van der Waals surface area (Å²) in [4.78, 5) is 34.2. The minimum Gasteiger partial charge on any atom is -0.503 e. The number of nitrogens with zero attached hydrogens (tertiary/aromatic N) is 2. The van der Waals surface area contributed by atoms with Crippen LogP contribution in [0, 0.1) is 13.8 Å². The highest BCUT2D eigenvalue weighted by Gasteiger charge is 2.45. The molecule has 168 valence electrons. The molecule has 0 spiro atoms. The summed E-state index contributed by atoms with van der Waals surface area (Å²) in [6, 6.07) is 7.09. The van der Waals surface area contributed by atoms with Crippen molar-refractivity contribution in [3.63, 3.8) is 0 Å². The average molecular weight is 548 g/mol.